The summed E-state index contributed by atoms with van der Waals surface area (Å²) in [6, 6.07) is 0.135. The quantitative estimate of drug-likeness (QED) is 0.875. The zero-order chi connectivity index (χ0) is 13.3. The summed E-state index contributed by atoms with van der Waals surface area (Å²) >= 11 is 4.70. The number of carbonyl (C=O) groups excluding carboxylic acids is 1. The zero-order valence-electron chi connectivity index (χ0n) is 10.1. The number of ketones is 1. The first-order valence-electron chi connectivity index (χ1n) is 5.45. The van der Waals surface area contributed by atoms with E-state index in [0.717, 1.165) is 0 Å². The average molecular weight is 329 g/mol. The number of anilines is 1. The molecule has 0 aliphatic rings. The highest BCUT2D eigenvalue weighted by molar-refractivity contribution is 9.10. The Morgan fingerprint density at radius 2 is 2.33 bits per heavy atom. The van der Waals surface area contributed by atoms with Crippen LogP contribution in [-0.4, -0.2) is 20.5 Å². The van der Waals surface area contributed by atoms with Gasteiger partial charge in [0.2, 0.25) is 0 Å². The van der Waals surface area contributed by atoms with Crippen molar-refractivity contribution in [3.8, 4) is 0 Å². The molecule has 18 heavy (non-hydrogen) atoms. The molecule has 2 aromatic heterocycles. The largest absolute Gasteiger partial charge is 0.375 e. The van der Waals surface area contributed by atoms with Crippen molar-refractivity contribution >= 4 is 38.2 Å². The van der Waals surface area contributed by atoms with Crippen molar-refractivity contribution < 1.29 is 4.79 Å². The van der Waals surface area contributed by atoms with Crippen molar-refractivity contribution in [1.82, 2.24) is 14.8 Å². The predicted molar refractivity (Wildman–Crippen MR) is 74.9 cm³/mol. The molecule has 2 heterocycles. The molecule has 0 radical (unpaired) electrons. The predicted octanol–water partition coefficient (Wildman–Crippen LogP) is 2.69. The topological polar surface area (TPSA) is 73.8 Å². The van der Waals surface area contributed by atoms with Crippen molar-refractivity contribution in [2.45, 2.75) is 26.3 Å². The first-order chi connectivity index (χ1) is 8.49. The fourth-order valence-electron chi connectivity index (χ4n) is 1.65. The average Bonchev–Trinajstić information content (AvgIpc) is 2.85. The summed E-state index contributed by atoms with van der Waals surface area (Å²) in [4.78, 5) is 16.4. The van der Waals surface area contributed by atoms with E-state index >= 15 is 0 Å². The van der Waals surface area contributed by atoms with Crippen LogP contribution in [0, 0.1) is 0 Å². The van der Waals surface area contributed by atoms with Crippen molar-refractivity contribution in [2.24, 2.45) is 0 Å². The number of nitrogen functional groups attached to an aromatic ring is 1. The molecular formula is C11H13BrN4OS. The fraction of sp³-hybridized carbons (Fsp3) is 0.364. The third-order valence-corrected chi connectivity index (χ3v) is 3.72. The molecule has 96 valence electrons. The monoisotopic (exact) mass is 328 g/mol. The lowest BCUT2D eigenvalue weighted by atomic mass is 10.1. The maximum absolute atomic E-state index is 12.3. The Morgan fingerprint density at radius 1 is 1.61 bits per heavy atom. The molecule has 2 aromatic rings. The van der Waals surface area contributed by atoms with Crippen molar-refractivity contribution in [2.75, 3.05) is 5.73 Å². The molecular weight excluding hydrogens is 316 g/mol. The maximum atomic E-state index is 12.3. The number of thiazole rings is 1. The van der Waals surface area contributed by atoms with Crippen molar-refractivity contribution in [3.05, 3.63) is 27.4 Å². The van der Waals surface area contributed by atoms with E-state index in [0.29, 0.717) is 21.0 Å². The number of carbonyl (C=O) groups is 1. The summed E-state index contributed by atoms with van der Waals surface area (Å²) in [7, 11) is 0. The molecule has 2 N–H and O–H groups in total. The fourth-order valence-corrected chi connectivity index (χ4v) is 2.70. The van der Waals surface area contributed by atoms with Gasteiger partial charge in [-0.25, -0.2) is 4.98 Å². The summed E-state index contributed by atoms with van der Waals surface area (Å²) in [6.07, 6.45) is 1.88. The van der Waals surface area contributed by atoms with Gasteiger partial charge >= 0.3 is 0 Å². The highest BCUT2D eigenvalue weighted by atomic mass is 79.9. The Hall–Kier alpha value is -1.21. The number of halogens is 1. The molecule has 0 aliphatic heterocycles. The zero-order valence-corrected chi connectivity index (χ0v) is 12.5. The van der Waals surface area contributed by atoms with Crippen LogP contribution in [0.4, 0.5) is 5.13 Å². The SMILES string of the molecule is CC(C)n1ncc(Br)c1C(=O)Cc1csc(N)n1. The highest BCUT2D eigenvalue weighted by Gasteiger charge is 2.19. The number of Topliss-reactive ketones (excluding diaryl/α,β-unsaturated/α-hetero) is 1. The van der Waals surface area contributed by atoms with Crippen LogP contribution in [0.1, 0.15) is 36.1 Å². The molecule has 0 fully saturated rings. The van der Waals surface area contributed by atoms with E-state index in [1.807, 2.05) is 13.8 Å². The Kier molecular flexibility index (Phi) is 3.82. The number of nitrogens with zero attached hydrogens (tertiary/aromatic N) is 3. The van der Waals surface area contributed by atoms with E-state index in [1.54, 1.807) is 16.3 Å². The van der Waals surface area contributed by atoms with Gasteiger partial charge in [-0.1, -0.05) is 0 Å². The van der Waals surface area contributed by atoms with Gasteiger partial charge in [-0.15, -0.1) is 11.3 Å². The highest BCUT2D eigenvalue weighted by Crippen LogP contribution is 2.22. The minimum atomic E-state index is -0.0154. The molecule has 0 aliphatic carbocycles. The molecule has 5 nitrogen and oxygen atoms in total. The summed E-state index contributed by atoms with van der Waals surface area (Å²) in [5.41, 5.74) is 6.83. The van der Waals surface area contributed by atoms with Gasteiger partial charge in [-0.05, 0) is 29.8 Å². The Bertz CT molecular complexity index is 575. The second-order valence-corrected chi connectivity index (χ2v) is 5.90. The van der Waals surface area contributed by atoms with Gasteiger partial charge in [0.15, 0.2) is 10.9 Å². The third kappa shape index (κ3) is 2.62. The molecule has 0 saturated carbocycles. The van der Waals surface area contributed by atoms with Crippen LogP contribution in [0.5, 0.6) is 0 Å². The molecule has 0 amide bonds. The molecule has 0 saturated heterocycles. The van der Waals surface area contributed by atoms with Gasteiger partial charge < -0.3 is 5.73 Å². The standard InChI is InChI=1S/C11H13BrN4OS/c1-6(2)16-10(8(12)4-14-16)9(17)3-7-5-18-11(13)15-7/h4-6H,3H2,1-2H3,(H2,13,15). The lowest BCUT2D eigenvalue weighted by Crippen LogP contribution is -2.15. The van der Waals surface area contributed by atoms with Crippen LogP contribution in [0.2, 0.25) is 0 Å². The molecule has 0 aromatic carbocycles. The van der Waals surface area contributed by atoms with Crippen LogP contribution in [0.3, 0.4) is 0 Å². The number of hydrogen-bond acceptors (Lipinski definition) is 5. The summed E-state index contributed by atoms with van der Waals surface area (Å²) in [5.74, 6) is -0.0154. The molecule has 0 atom stereocenters. The number of nitrogens with two attached hydrogens (primary N) is 1. The molecule has 0 unspecified atom stereocenters. The Balaban J connectivity index is 2.26. The molecule has 2 rings (SSSR count). The third-order valence-electron chi connectivity index (χ3n) is 2.42. The summed E-state index contributed by atoms with van der Waals surface area (Å²) in [5, 5.41) is 6.47. The maximum Gasteiger partial charge on any atom is 0.187 e. The number of rotatable bonds is 4. The summed E-state index contributed by atoms with van der Waals surface area (Å²) in [6.45, 7) is 3.97. The first-order valence-corrected chi connectivity index (χ1v) is 7.12. The Labute approximate surface area is 117 Å². The second kappa shape index (κ2) is 5.19. The van der Waals surface area contributed by atoms with Gasteiger partial charge in [0.1, 0.15) is 5.69 Å². The van der Waals surface area contributed by atoms with E-state index in [-0.39, 0.29) is 18.2 Å². The van der Waals surface area contributed by atoms with E-state index < -0.39 is 0 Å². The number of hydrogen-bond donors (Lipinski definition) is 1. The molecule has 0 bridgehead atoms. The van der Waals surface area contributed by atoms with Gasteiger partial charge in [-0.2, -0.15) is 5.10 Å². The Morgan fingerprint density at radius 3 is 2.89 bits per heavy atom. The second-order valence-electron chi connectivity index (χ2n) is 4.16. The normalized spacial score (nSPS) is 11.1. The van der Waals surface area contributed by atoms with Crippen LogP contribution in [0.25, 0.3) is 0 Å². The van der Waals surface area contributed by atoms with E-state index in [1.165, 1.54) is 11.3 Å². The molecule has 0 spiro atoms. The van der Waals surface area contributed by atoms with Crippen LogP contribution in [-0.2, 0) is 6.42 Å². The van der Waals surface area contributed by atoms with Crippen LogP contribution < -0.4 is 5.73 Å². The van der Waals surface area contributed by atoms with E-state index in [2.05, 4.69) is 26.0 Å². The van der Waals surface area contributed by atoms with Gasteiger partial charge in [-0.3, -0.25) is 9.48 Å². The first kappa shape index (κ1) is 13.2. The van der Waals surface area contributed by atoms with Gasteiger partial charge in [0.25, 0.3) is 0 Å². The molecule has 7 heteroatoms. The van der Waals surface area contributed by atoms with Crippen molar-refractivity contribution in [1.29, 1.82) is 0 Å². The van der Waals surface area contributed by atoms with Crippen LogP contribution in [0.15, 0.2) is 16.0 Å². The number of aromatic nitrogens is 3. The lowest BCUT2D eigenvalue weighted by molar-refractivity contribution is 0.0979. The van der Waals surface area contributed by atoms with Gasteiger partial charge in [0, 0.05) is 11.4 Å². The van der Waals surface area contributed by atoms with Crippen LogP contribution >= 0.6 is 27.3 Å². The van der Waals surface area contributed by atoms with Crippen molar-refractivity contribution in [3.63, 3.8) is 0 Å². The van der Waals surface area contributed by atoms with Gasteiger partial charge in [0.05, 0.1) is 22.8 Å². The summed E-state index contributed by atoms with van der Waals surface area (Å²) < 4.78 is 2.42. The minimum Gasteiger partial charge on any atom is -0.375 e. The minimum absolute atomic E-state index is 0.0154. The van der Waals surface area contributed by atoms with E-state index in [9.17, 15) is 4.79 Å². The van der Waals surface area contributed by atoms with E-state index in [4.69, 9.17) is 5.73 Å². The smallest absolute Gasteiger partial charge is 0.187 e. The lowest BCUT2D eigenvalue weighted by Gasteiger charge is -2.09.